The lowest BCUT2D eigenvalue weighted by atomic mass is 10.0. The largest absolute Gasteiger partial charge is 0.497 e. The number of urea groups is 1. The van der Waals surface area contributed by atoms with E-state index in [1.807, 2.05) is 19.9 Å². The van der Waals surface area contributed by atoms with Gasteiger partial charge in [0.15, 0.2) is 0 Å². The fourth-order valence-electron chi connectivity index (χ4n) is 3.43. The average molecular weight is 499 g/mol. The summed E-state index contributed by atoms with van der Waals surface area (Å²) in [6.07, 6.45) is 0.438. The molecule has 0 heterocycles. The molecule has 2 rings (SSSR count). The molecule has 10 heteroatoms. The second-order valence-electron chi connectivity index (χ2n) is 8.83. The van der Waals surface area contributed by atoms with Crippen LogP contribution in [0.2, 0.25) is 0 Å². The van der Waals surface area contributed by atoms with Crippen molar-refractivity contribution in [3.63, 3.8) is 0 Å². The lowest BCUT2D eigenvalue weighted by molar-refractivity contribution is -0.142. The molecule has 0 fully saturated rings. The van der Waals surface area contributed by atoms with Gasteiger partial charge in [0.05, 0.1) is 7.11 Å². The van der Waals surface area contributed by atoms with E-state index in [9.17, 15) is 24.3 Å². The van der Waals surface area contributed by atoms with E-state index in [1.165, 1.54) is 14.0 Å². The third-order valence-corrected chi connectivity index (χ3v) is 5.33. The van der Waals surface area contributed by atoms with Crippen LogP contribution in [0.1, 0.15) is 32.8 Å². The zero-order valence-corrected chi connectivity index (χ0v) is 20.9. The van der Waals surface area contributed by atoms with E-state index >= 15 is 0 Å². The first kappa shape index (κ1) is 28.2. The Kier molecular flexibility index (Phi) is 10.7. The molecule has 0 aliphatic carbocycles. The number of hydrogen-bond donors (Lipinski definition) is 5. The Morgan fingerprint density at radius 1 is 0.833 bits per heavy atom. The molecule has 5 N–H and O–H groups in total. The zero-order chi connectivity index (χ0) is 26.7. The van der Waals surface area contributed by atoms with Crippen LogP contribution in [-0.4, -0.2) is 54.2 Å². The number of hydrogen-bond acceptors (Lipinski definition) is 5. The minimum Gasteiger partial charge on any atom is -0.497 e. The second-order valence-corrected chi connectivity index (χ2v) is 8.83. The molecule has 0 saturated heterocycles. The van der Waals surface area contributed by atoms with Crippen LogP contribution in [0.3, 0.4) is 0 Å². The number of aliphatic carboxylic acids is 1. The summed E-state index contributed by atoms with van der Waals surface area (Å²) < 4.78 is 5.09. The van der Waals surface area contributed by atoms with Gasteiger partial charge in [0.2, 0.25) is 11.8 Å². The second kappa shape index (κ2) is 13.7. The third kappa shape index (κ3) is 9.28. The van der Waals surface area contributed by atoms with Crippen LogP contribution in [-0.2, 0) is 20.8 Å². The number of ether oxygens (including phenoxy) is 1. The van der Waals surface area contributed by atoms with Crippen LogP contribution in [0.4, 0.5) is 10.5 Å². The van der Waals surface area contributed by atoms with Crippen molar-refractivity contribution in [2.24, 2.45) is 5.92 Å². The Hall–Kier alpha value is -4.08. The molecule has 2 aromatic rings. The fraction of sp³-hybridized carbons (Fsp3) is 0.385. The van der Waals surface area contributed by atoms with Crippen molar-refractivity contribution >= 4 is 29.5 Å². The number of carboxylic acid groups (broad SMARTS) is 1. The molecule has 36 heavy (non-hydrogen) atoms. The molecule has 194 valence electrons. The van der Waals surface area contributed by atoms with E-state index in [2.05, 4.69) is 21.3 Å². The molecule has 0 aliphatic rings. The number of nitrogens with one attached hydrogen (secondary N) is 4. The lowest BCUT2D eigenvalue weighted by Gasteiger charge is -2.23. The monoisotopic (exact) mass is 498 g/mol. The minimum absolute atomic E-state index is 0.0773. The van der Waals surface area contributed by atoms with Crippen molar-refractivity contribution in [3.8, 4) is 5.75 Å². The van der Waals surface area contributed by atoms with Gasteiger partial charge in [-0.1, -0.05) is 44.2 Å². The van der Waals surface area contributed by atoms with Crippen LogP contribution in [0.25, 0.3) is 0 Å². The molecule has 0 spiro atoms. The van der Waals surface area contributed by atoms with E-state index in [0.717, 1.165) is 5.56 Å². The summed E-state index contributed by atoms with van der Waals surface area (Å²) in [5.74, 6) is -1.66. The number of carbonyl (C=O) groups is 4. The number of benzene rings is 2. The van der Waals surface area contributed by atoms with Gasteiger partial charge in [-0.25, -0.2) is 9.59 Å². The van der Waals surface area contributed by atoms with Crippen molar-refractivity contribution in [2.75, 3.05) is 12.4 Å². The maximum Gasteiger partial charge on any atom is 0.326 e. The molecule has 2 aromatic carbocycles. The summed E-state index contributed by atoms with van der Waals surface area (Å²) in [7, 11) is 1.54. The summed E-state index contributed by atoms with van der Waals surface area (Å²) in [5.41, 5.74) is 1.27. The molecule has 0 aliphatic heterocycles. The number of methoxy groups -OCH3 is 1. The first-order chi connectivity index (χ1) is 17.1. The summed E-state index contributed by atoms with van der Waals surface area (Å²) >= 11 is 0. The SMILES string of the molecule is COc1ccc(NC(=O)N[C@@H](CC(C)C)C(=O)N[C@@H](C)C(=O)N[C@@H](Cc2ccccc2)C(=O)O)cc1. The topological polar surface area (TPSA) is 146 Å². The molecule has 3 atom stereocenters. The van der Waals surface area contributed by atoms with Gasteiger partial charge in [-0.2, -0.15) is 0 Å². The molecule has 0 unspecified atom stereocenters. The maximum atomic E-state index is 12.9. The van der Waals surface area contributed by atoms with Gasteiger partial charge in [0.25, 0.3) is 0 Å². The molecular formula is C26H34N4O6. The zero-order valence-electron chi connectivity index (χ0n) is 20.9. The molecule has 10 nitrogen and oxygen atoms in total. The van der Waals surface area contributed by atoms with Crippen LogP contribution >= 0.6 is 0 Å². The van der Waals surface area contributed by atoms with Gasteiger partial charge < -0.3 is 31.1 Å². The van der Waals surface area contributed by atoms with Gasteiger partial charge in [0.1, 0.15) is 23.9 Å². The number of anilines is 1. The predicted molar refractivity (Wildman–Crippen MR) is 136 cm³/mol. The number of rotatable bonds is 12. The Morgan fingerprint density at radius 2 is 1.47 bits per heavy atom. The molecule has 4 amide bonds. The highest BCUT2D eigenvalue weighted by Gasteiger charge is 2.28. The maximum absolute atomic E-state index is 12.9. The normalized spacial score (nSPS) is 13.1. The molecule has 0 aromatic heterocycles. The fourth-order valence-corrected chi connectivity index (χ4v) is 3.43. The van der Waals surface area contributed by atoms with E-state index in [0.29, 0.717) is 17.9 Å². The van der Waals surface area contributed by atoms with Crippen LogP contribution in [0, 0.1) is 5.92 Å². The highest BCUT2D eigenvalue weighted by molar-refractivity contribution is 5.95. The summed E-state index contributed by atoms with van der Waals surface area (Å²) in [5, 5.41) is 19.9. The first-order valence-corrected chi connectivity index (χ1v) is 11.7. The number of carboxylic acids is 1. The van der Waals surface area contributed by atoms with Gasteiger partial charge in [-0.3, -0.25) is 9.59 Å². The Bertz CT molecular complexity index is 1030. The van der Waals surface area contributed by atoms with Gasteiger partial charge >= 0.3 is 12.0 Å². The van der Waals surface area contributed by atoms with Crippen molar-refractivity contribution in [1.29, 1.82) is 0 Å². The van der Waals surface area contributed by atoms with Crippen LogP contribution < -0.4 is 26.0 Å². The van der Waals surface area contributed by atoms with E-state index in [4.69, 9.17) is 4.74 Å². The quantitative estimate of drug-likeness (QED) is 0.304. The summed E-state index contributed by atoms with van der Waals surface area (Å²) in [6, 6.07) is 12.0. The minimum atomic E-state index is -1.18. The van der Waals surface area contributed by atoms with Crippen molar-refractivity contribution < 1.29 is 29.0 Å². The van der Waals surface area contributed by atoms with E-state index in [1.54, 1.807) is 48.5 Å². The Balaban J connectivity index is 1.97. The van der Waals surface area contributed by atoms with E-state index in [-0.39, 0.29) is 12.3 Å². The molecule has 0 bridgehead atoms. The Labute approximate surface area is 210 Å². The molecular weight excluding hydrogens is 464 g/mol. The first-order valence-electron chi connectivity index (χ1n) is 11.7. The van der Waals surface area contributed by atoms with Crippen molar-refractivity contribution in [2.45, 2.75) is 51.7 Å². The van der Waals surface area contributed by atoms with Crippen LogP contribution in [0.5, 0.6) is 5.75 Å². The van der Waals surface area contributed by atoms with Crippen LogP contribution in [0.15, 0.2) is 54.6 Å². The molecule has 0 radical (unpaired) electrons. The predicted octanol–water partition coefficient (Wildman–Crippen LogP) is 2.55. The highest BCUT2D eigenvalue weighted by atomic mass is 16.5. The van der Waals surface area contributed by atoms with Gasteiger partial charge in [-0.15, -0.1) is 0 Å². The van der Waals surface area contributed by atoms with E-state index < -0.39 is 41.9 Å². The Morgan fingerprint density at radius 3 is 2.03 bits per heavy atom. The standard InChI is InChI=1S/C26H34N4O6/c1-16(2)14-21(30-26(35)28-19-10-12-20(36-4)13-11-19)24(32)27-17(3)23(31)29-22(25(33)34)15-18-8-6-5-7-9-18/h5-13,16-17,21-22H,14-15H2,1-4H3,(H,27,32)(H,29,31)(H,33,34)(H2,28,30,35)/t17-,21-,22-/m0/s1. The number of carbonyl (C=O) groups excluding carboxylic acids is 3. The summed E-state index contributed by atoms with van der Waals surface area (Å²) in [4.78, 5) is 49.7. The average Bonchev–Trinajstić information content (AvgIpc) is 2.83. The summed E-state index contributed by atoms with van der Waals surface area (Å²) in [6.45, 7) is 5.26. The number of amides is 4. The van der Waals surface area contributed by atoms with Crippen molar-refractivity contribution in [1.82, 2.24) is 16.0 Å². The van der Waals surface area contributed by atoms with Crippen molar-refractivity contribution in [3.05, 3.63) is 60.2 Å². The highest BCUT2D eigenvalue weighted by Crippen LogP contribution is 2.15. The van der Waals surface area contributed by atoms with Gasteiger partial charge in [0, 0.05) is 12.1 Å². The third-order valence-electron chi connectivity index (χ3n) is 5.33. The van der Waals surface area contributed by atoms with Gasteiger partial charge in [-0.05, 0) is 49.1 Å². The molecule has 0 saturated carbocycles. The smallest absolute Gasteiger partial charge is 0.326 e. The lowest BCUT2D eigenvalue weighted by Crippen LogP contribution is -2.55.